The number of carboxylic acids is 1. The number of phenolic OH excluding ortho intramolecular Hbond substituents is 1. The van der Waals surface area contributed by atoms with Crippen molar-refractivity contribution in [2.75, 3.05) is 7.05 Å². The first-order valence-electron chi connectivity index (χ1n) is 6.49. The normalized spacial score (nSPS) is 13.5. The van der Waals surface area contributed by atoms with Gasteiger partial charge in [-0.2, -0.15) is 0 Å². The van der Waals surface area contributed by atoms with Crippen LogP contribution >= 0.6 is 0 Å². The Labute approximate surface area is 114 Å². The molecular formula is C15H23NO3. The van der Waals surface area contributed by atoms with Crippen molar-refractivity contribution in [1.29, 1.82) is 0 Å². The van der Waals surface area contributed by atoms with Gasteiger partial charge in [0, 0.05) is 6.04 Å². The van der Waals surface area contributed by atoms with Crippen molar-refractivity contribution in [3.05, 3.63) is 29.8 Å². The highest BCUT2D eigenvalue weighted by molar-refractivity contribution is 5.77. The summed E-state index contributed by atoms with van der Waals surface area (Å²) in [5, 5.41) is 18.4. The van der Waals surface area contributed by atoms with E-state index in [2.05, 4.69) is 0 Å². The number of aliphatic carboxylic acids is 1. The molecule has 0 aliphatic heterocycles. The molecule has 0 saturated heterocycles. The van der Waals surface area contributed by atoms with Gasteiger partial charge in [0.15, 0.2) is 0 Å². The molecule has 0 saturated carbocycles. The van der Waals surface area contributed by atoms with E-state index in [9.17, 15) is 15.0 Å². The van der Waals surface area contributed by atoms with E-state index >= 15 is 0 Å². The van der Waals surface area contributed by atoms with E-state index in [1.54, 1.807) is 26.0 Å². The van der Waals surface area contributed by atoms with Gasteiger partial charge in [0.25, 0.3) is 0 Å². The highest BCUT2D eigenvalue weighted by atomic mass is 16.4. The Hall–Kier alpha value is -1.55. The molecule has 0 bridgehead atoms. The van der Waals surface area contributed by atoms with Crippen LogP contribution in [0, 0.1) is 0 Å². The van der Waals surface area contributed by atoms with E-state index in [0.29, 0.717) is 0 Å². The van der Waals surface area contributed by atoms with Crippen molar-refractivity contribution in [1.82, 2.24) is 4.90 Å². The molecule has 4 heteroatoms. The molecule has 0 radical (unpaired) electrons. The molecule has 106 valence electrons. The summed E-state index contributed by atoms with van der Waals surface area (Å²) in [5.41, 5.74) is 0.278. The average Bonchev–Trinajstić information content (AvgIpc) is 2.36. The quantitative estimate of drug-likeness (QED) is 0.829. The van der Waals surface area contributed by atoms with Crippen LogP contribution in [0.1, 0.15) is 32.8 Å². The average molecular weight is 265 g/mol. The molecular weight excluding hydrogens is 242 g/mol. The second-order valence-corrected chi connectivity index (χ2v) is 5.53. The highest BCUT2D eigenvalue weighted by Gasteiger charge is 2.34. The second kappa shape index (κ2) is 6.06. The molecule has 19 heavy (non-hydrogen) atoms. The molecule has 0 amide bonds. The summed E-state index contributed by atoms with van der Waals surface area (Å²) >= 11 is 0. The van der Waals surface area contributed by atoms with Crippen molar-refractivity contribution in [2.45, 2.75) is 45.2 Å². The van der Waals surface area contributed by atoms with Gasteiger partial charge < -0.3 is 10.2 Å². The van der Waals surface area contributed by atoms with Gasteiger partial charge in [-0.25, -0.2) is 0 Å². The minimum Gasteiger partial charge on any atom is -0.508 e. The Balaban J connectivity index is 2.58. The van der Waals surface area contributed by atoms with Crippen molar-refractivity contribution >= 4 is 5.97 Å². The molecule has 1 rings (SSSR count). The molecule has 0 fully saturated rings. The first-order chi connectivity index (χ1) is 8.75. The summed E-state index contributed by atoms with van der Waals surface area (Å²) in [6, 6.07) is 7.30. The summed E-state index contributed by atoms with van der Waals surface area (Å²) in [6.45, 7) is 5.46. The molecule has 4 nitrogen and oxygen atoms in total. The summed E-state index contributed by atoms with van der Waals surface area (Å²) in [7, 11) is 1.84. The number of rotatable bonds is 6. The summed E-state index contributed by atoms with van der Waals surface area (Å²) < 4.78 is 0. The number of carbonyl (C=O) groups is 1. The number of hydrogen-bond acceptors (Lipinski definition) is 3. The fourth-order valence-corrected chi connectivity index (χ4v) is 1.93. The molecule has 0 aromatic heterocycles. The molecule has 0 heterocycles. The van der Waals surface area contributed by atoms with Crippen LogP contribution in [-0.4, -0.2) is 39.7 Å². The zero-order chi connectivity index (χ0) is 14.6. The Morgan fingerprint density at radius 2 is 1.84 bits per heavy atom. The van der Waals surface area contributed by atoms with Gasteiger partial charge in [0.2, 0.25) is 0 Å². The molecule has 0 aliphatic carbocycles. The van der Waals surface area contributed by atoms with E-state index in [1.807, 2.05) is 31.0 Å². The lowest BCUT2D eigenvalue weighted by Crippen LogP contribution is -2.51. The van der Waals surface area contributed by atoms with Crippen LogP contribution < -0.4 is 0 Å². The third kappa shape index (κ3) is 3.96. The van der Waals surface area contributed by atoms with E-state index < -0.39 is 11.5 Å². The van der Waals surface area contributed by atoms with Crippen molar-refractivity contribution in [3.8, 4) is 5.75 Å². The van der Waals surface area contributed by atoms with Crippen LogP contribution in [0.25, 0.3) is 0 Å². The Kier molecular flexibility index (Phi) is 4.95. The third-order valence-corrected chi connectivity index (χ3v) is 3.85. The van der Waals surface area contributed by atoms with Crippen molar-refractivity contribution in [3.63, 3.8) is 0 Å². The largest absolute Gasteiger partial charge is 0.508 e. The summed E-state index contributed by atoms with van der Waals surface area (Å²) in [5.74, 6) is -0.549. The first kappa shape index (κ1) is 15.5. The molecule has 1 aromatic carbocycles. The lowest BCUT2D eigenvalue weighted by molar-refractivity contribution is -0.149. The number of benzene rings is 1. The van der Waals surface area contributed by atoms with E-state index in [-0.39, 0.29) is 11.8 Å². The SMILES string of the molecule is CC(CCc1ccc(O)cc1)N(C)C(C)(C)C(=O)O. The predicted octanol–water partition coefficient (Wildman–Crippen LogP) is 2.51. The number of aryl methyl sites for hydroxylation is 1. The predicted molar refractivity (Wildman–Crippen MR) is 75.4 cm³/mol. The van der Waals surface area contributed by atoms with E-state index in [4.69, 9.17) is 0 Å². The van der Waals surface area contributed by atoms with Gasteiger partial charge in [-0.1, -0.05) is 12.1 Å². The van der Waals surface area contributed by atoms with Crippen LogP contribution in [0.15, 0.2) is 24.3 Å². The number of phenols is 1. The number of nitrogens with zero attached hydrogens (tertiary/aromatic N) is 1. The van der Waals surface area contributed by atoms with Gasteiger partial charge in [-0.3, -0.25) is 9.69 Å². The summed E-state index contributed by atoms with van der Waals surface area (Å²) in [4.78, 5) is 13.1. The molecule has 1 aromatic rings. The topological polar surface area (TPSA) is 60.8 Å². The Morgan fingerprint density at radius 3 is 2.32 bits per heavy atom. The van der Waals surface area contributed by atoms with Crippen LogP contribution in [0.4, 0.5) is 0 Å². The first-order valence-corrected chi connectivity index (χ1v) is 6.49. The maximum Gasteiger partial charge on any atom is 0.323 e. The smallest absolute Gasteiger partial charge is 0.323 e. The Morgan fingerprint density at radius 1 is 1.32 bits per heavy atom. The number of hydrogen-bond donors (Lipinski definition) is 2. The zero-order valence-electron chi connectivity index (χ0n) is 12.1. The molecule has 0 aliphatic rings. The summed E-state index contributed by atoms with van der Waals surface area (Å²) in [6.07, 6.45) is 1.74. The molecule has 2 N–H and O–H groups in total. The minimum atomic E-state index is -0.867. The number of likely N-dealkylation sites (N-methyl/N-ethyl adjacent to an activating group) is 1. The van der Waals surface area contributed by atoms with Crippen LogP contribution in [-0.2, 0) is 11.2 Å². The molecule has 1 atom stereocenters. The third-order valence-electron chi connectivity index (χ3n) is 3.85. The van der Waals surface area contributed by atoms with Crippen LogP contribution in [0.2, 0.25) is 0 Å². The monoisotopic (exact) mass is 265 g/mol. The van der Waals surface area contributed by atoms with E-state index in [1.165, 1.54) is 0 Å². The minimum absolute atomic E-state index is 0.167. The second-order valence-electron chi connectivity index (χ2n) is 5.53. The number of aromatic hydroxyl groups is 1. The highest BCUT2D eigenvalue weighted by Crippen LogP contribution is 2.19. The Bertz CT molecular complexity index is 426. The van der Waals surface area contributed by atoms with Gasteiger partial charge in [0.1, 0.15) is 11.3 Å². The fourth-order valence-electron chi connectivity index (χ4n) is 1.93. The maximum absolute atomic E-state index is 11.2. The zero-order valence-corrected chi connectivity index (χ0v) is 12.1. The van der Waals surface area contributed by atoms with Gasteiger partial charge in [-0.05, 0) is 58.4 Å². The lowest BCUT2D eigenvalue weighted by atomic mass is 9.98. The van der Waals surface area contributed by atoms with E-state index in [0.717, 1.165) is 18.4 Å². The van der Waals surface area contributed by atoms with Crippen LogP contribution in [0.3, 0.4) is 0 Å². The molecule has 0 spiro atoms. The van der Waals surface area contributed by atoms with Gasteiger partial charge in [0.05, 0.1) is 0 Å². The maximum atomic E-state index is 11.2. The van der Waals surface area contributed by atoms with Gasteiger partial charge in [-0.15, -0.1) is 0 Å². The van der Waals surface area contributed by atoms with Crippen molar-refractivity contribution < 1.29 is 15.0 Å². The standard InChI is InChI=1S/C15H23NO3/c1-11(16(4)15(2,3)14(18)19)5-6-12-7-9-13(17)10-8-12/h7-11,17H,5-6H2,1-4H3,(H,18,19). The van der Waals surface area contributed by atoms with Gasteiger partial charge >= 0.3 is 5.97 Å². The fraction of sp³-hybridized carbons (Fsp3) is 0.533. The molecule has 1 unspecified atom stereocenters. The number of carboxylic acid groups (broad SMARTS) is 1. The van der Waals surface area contributed by atoms with Crippen molar-refractivity contribution in [2.24, 2.45) is 0 Å². The van der Waals surface area contributed by atoms with Crippen LogP contribution in [0.5, 0.6) is 5.75 Å². The lowest BCUT2D eigenvalue weighted by Gasteiger charge is -2.36.